The molecule has 30 heavy (non-hydrogen) atoms. The maximum Gasteiger partial charge on any atom is 0.251 e. The van der Waals surface area contributed by atoms with Gasteiger partial charge in [-0.05, 0) is 61.7 Å². The number of anilines is 1. The highest BCUT2D eigenvalue weighted by Crippen LogP contribution is 2.39. The molecule has 154 valence electrons. The van der Waals surface area contributed by atoms with Gasteiger partial charge in [-0.15, -0.1) is 0 Å². The minimum Gasteiger partial charge on any atom is -0.357 e. The van der Waals surface area contributed by atoms with E-state index in [2.05, 4.69) is 9.88 Å². The number of carbonyl (C=O) groups excluding carboxylic acids is 2. The van der Waals surface area contributed by atoms with Crippen LogP contribution in [0.5, 0.6) is 0 Å². The maximum absolute atomic E-state index is 13.7. The lowest BCUT2D eigenvalue weighted by Crippen LogP contribution is -2.46. The van der Waals surface area contributed by atoms with Crippen LogP contribution in [0, 0.1) is 12.7 Å². The Hall–Kier alpha value is -2.70. The van der Waals surface area contributed by atoms with Crippen LogP contribution in [0.1, 0.15) is 36.2 Å². The fourth-order valence-electron chi connectivity index (χ4n) is 4.86. The zero-order chi connectivity index (χ0) is 21.2. The van der Waals surface area contributed by atoms with Crippen LogP contribution in [0.3, 0.4) is 0 Å². The van der Waals surface area contributed by atoms with Gasteiger partial charge < -0.3 is 4.98 Å². The number of halogens is 2. The predicted molar refractivity (Wildman–Crippen MR) is 114 cm³/mol. The molecule has 3 heterocycles. The van der Waals surface area contributed by atoms with Gasteiger partial charge in [-0.3, -0.25) is 14.5 Å². The van der Waals surface area contributed by atoms with Crippen LogP contribution in [-0.2, 0) is 16.0 Å². The molecule has 5 nitrogen and oxygen atoms in total. The smallest absolute Gasteiger partial charge is 0.251 e. The molecule has 2 amide bonds. The first kappa shape index (κ1) is 19.3. The molecule has 2 unspecified atom stereocenters. The van der Waals surface area contributed by atoms with E-state index < -0.39 is 6.04 Å². The van der Waals surface area contributed by atoms with Crippen LogP contribution in [0.4, 0.5) is 10.1 Å². The molecule has 0 bridgehead atoms. The summed E-state index contributed by atoms with van der Waals surface area (Å²) in [6.07, 6.45) is 0.830. The van der Waals surface area contributed by atoms with Gasteiger partial charge in [-0.25, -0.2) is 9.29 Å². The summed E-state index contributed by atoms with van der Waals surface area (Å²) >= 11 is 6.21. The van der Waals surface area contributed by atoms with Crippen LogP contribution in [-0.4, -0.2) is 34.3 Å². The van der Waals surface area contributed by atoms with E-state index in [0.717, 1.165) is 22.2 Å². The second-order valence-electron chi connectivity index (χ2n) is 8.04. The van der Waals surface area contributed by atoms with Crippen molar-refractivity contribution < 1.29 is 14.0 Å². The molecule has 0 radical (unpaired) electrons. The van der Waals surface area contributed by atoms with Crippen molar-refractivity contribution in [3.63, 3.8) is 0 Å². The molecule has 3 aromatic rings. The Morgan fingerprint density at radius 1 is 1.20 bits per heavy atom. The van der Waals surface area contributed by atoms with E-state index in [1.54, 1.807) is 30.3 Å². The molecule has 1 aromatic heterocycles. The van der Waals surface area contributed by atoms with E-state index in [1.165, 1.54) is 11.0 Å². The number of aromatic nitrogens is 1. The summed E-state index contributed by atoms with van der Waals surface area (Å²) < 4.78 is 13.7. The van der Waals surface area contributed by atoms with Gasteiger partial charge in [0.05, 0.1) is 18.2 Å². The van der Waals surface area contributed by atoms with Crippen LogP contribution in [0.25, 0.3) is 10.9 Å². The number of hydrogen-bond acceptors (Lipinski definition) is 3. The lowest BCUT2D eigenvalue weighted by Gasteiger charge is -2.36. The van der Waals surface area contributed by atoms with Crippen LogP contribution < -0.4 is 4.90 Å². The summed E-state index contributed by atoms with van der Waals surface area (Å²) in [6.45, 7) is 4.46. The molecule has 2 aliphatic rings. The monoisotopic (exact) mass is 425 g/mol. The molecule has 0 spiro atoms. The van der Waals surface area contributed by atoms with Gasteiger partial charge in [-0.1, -0.05) is 17.7 Å². The van der Waals surface area contributed by atoms with E-state index >= 15 is 0 Å². The highest BCUT2D eigenvalue weighted by molar-refractivity contribution is 6.32. The van der Waals surface area contributed by atoms with Crippen molar-refractivity contribution in [1.82, 2.24) is 9.88 Å². The lowest BCUT2D eigenvalue weighted by molar-refractivity contribution is -0.123. The normalized spacial score (nSPS) is 22.2. The summed E-state index contributed by atoms with van der Waals surface area (Å²) in [6, 6.07) is 9.37. The average Bonchev–Trinajstić information content (AvgIpc) is 3.22. The zero-order valence-corrected chi connectivity index (χ0v) is 17.5. The molecule has 0 saturated carbocycles. The van der Waals surface area contributed by atoms with Crippen molar-refractivity contribution in [2.75, 3.05) is 11.4 Å². The van der Waals surface area contributed by atoms with Gasteiger partial charge in [-0.2, -0.15) is 0 Å². The quantitative estimate of drug-likeness (QED) is 0.614. The number of H-pyrrole nitrogens is 1. The molecule has 7 heteroatoms. The van der Waals surface area contributed by atoms with E-state index in [1.807, 2.05) is 13.8 Å². The molecule has 2 atom stereocenters. The number of amides is 2. The van der Waals surface area contributed by atoms with Gasteiger partial charge in [0, 0.05) is 34.2 Å². The average molecular weight is 426 g/mol. The third kappa shape index (κ3) is 2.78. The van der Waals surface area contributed by atoms with Gasteiger partial charge >= 0.3 is 0 Å². The van der Waals surface area contributed by atoms with E-state index in [9.17, 15) is 14.0 Å². The number of nitrogens with one attached hydrogen (secondary N) is 1. The number of hydrogen-bond donors (Lipinski definition) is 1. The molecule has 2 aliphatic heterocycles. The SMILES string of the molecule is Cc1c(Cl)cccc1N1C(=O)CC(N2CCc3c([nH]c4ccc(F)cc34)C2C)C1=O. The zero-order valence-electron chi connectivity index (χ0n) is 16.7. The second-order valence-corrected chi connectivity index (χ2v) is 8.45. The Morgan fingerprint density at radius 2 is 2.00 bits per heavy atom. The molecule has 1 saturated heterocycles. The fourth-order valence-corrected chi connectivity index (χ4v) is 5.03. The third-order valence-corrected chi connectivity index (χ3v) is 6.85. The first-order valence-electron chi connectivity index (χ1n) is 10.0. The van der Waals surface area contributed by atoms with E-state index in [-0.39, 0.29) is 30.1 Å². The molecule has 5 rings (SSSR count). The van der Waals surface area contributed by atoms with Crippen molar-refractivity contribution in [3.05, 3.63) is 64.1 Å². The molecular weight excluding hydrogens is 405 g/mol. The molecule has 1 fully saturated rings. The summed E-state index contributed by atoms with van der Waals surface area (Å²) in [5.41, 5.74) is 4.23. The largest absolute Gasteiger partial charge is 0.357 e. The number of rotatable bonds is 2. The van der Waals surface area contributed by atoms with Gasteiger partial charge in [0.25, 0.3) is 5.91 Å². The standard InChI is InChI=1S/C23H21ClFN3O2/c1-12-17(24)4-3-5-19(12)28-21(29)11-20(23(28)30)27-9-8-15-16-10-14(25)6-7-18(16)26-22(15)13(27)2/h3-7,10,13,20,26H,8-9,11H2,1-2H3. The van der Waals surface area contributed by atoms with Crippen molar-refractivity contribution in [2.24, 2.45) is 0 Å². The van der Waals surface area contributed by atoms with E-state index in [0.29, 0.717) is 29.2 Å². The predicted octanol–water partition coefficient (Wildman–Crippen LogP) is 4.52. The van der Waals surface area contributed by atoms with Gasteiger partial charge in [0.1, 0.15) is 5.82 Å². The van der Waals surface area contributed by atoms with Crippen molar-refractivity contribution >= 4 is 40.0 Å². The molecule has 2 aromatic carbocycles. The number of fused-ring (bicyclic) bond motifs is 3. The Balaban J connectivity index is 1.48. The van der Waals surface area contributed by atoms with Crippen molar-refractivity contribution in [2.45, 2.75) is 38.8 Å². The first-order chi connectivity index (χ1) is 14.4. The van der Waals surface area contributed by atoms with Crippen LogP contribution in [0.2, 0.25) is 5.02 Å². The topological polar surface area (TPSA) is 56.4 Å². The number of aromatic amines is 1. The fraction of sp³-hybridized carbons (Fsp3) is 0.304. The summed E-state index contributed by atoms with van der Waals surface area (Å²) in [5.74, 6) is -0.696. The van der Waals surface area contributed by atoms with Crippen molar-refractivity contribution in [3.8, 4) is 0 Å². The van der Waals surface area contributed by atoms with Crippen molar-refractivity contribution in [1.29, 1.82) is 0 Å². The minimum atomic E-state index is -0.526. The number of benzene rings is 2. The Bertz CT molecular complexity index is 1200. The number of nitrogens with zero attached hydrogens (tertiary/aromatic N) is 2. The van der Waals surface area contributed by atoms with Crippen LogP contribution in [0.15, 0.2) is 36.4 Å². The Labute approximate surface area is 178 Å². The maximum atomic E-state index is 13.7. The Morgan fingerprint density at radius 3 is 2.80 bits per heavy atom. The van der Waals surface area contributed by atoms with Gasteiger partial charge in [0.15, 0.2) is 0 Å². The molecule has 1 N–H and O–H groups in total. The summed E-state index contributed by atoms with van der Waals surface area (Å²) in [4.78, 5) is 32.9. The molecule has 0 aliphatic carbocycles. The number of carbonyl (C=O) groups is 2. The lowest BCUT2D eigenvalue weighted by atomic mass is 9.96. The minimum absolute atomic E-state index is 0.0913. The summed E-state index contributed by atoms with van der Waals surface area (Å²) in [7, 11) is 0. The highest BCUT2D eigenvalue weighted by Gasteiger charge is 2.46. The highest BCUT2D eigenvalue weighted by atomic mass is 35.5. The second kappa shape index (κ2) is 6.93. The van der Waals surface area contributed by atoms with Gasteiger partial charge in [0.2, 0.25) is 5.91 Å². The molecular formula is C23H21ClFN3O2. The van der Waals surface area contributed by atoms with E-state index in [4.69, 9.17) is 11.6 Å². The first-order valence-corrected chi connectivity index (χ1v) is 10.4. The summed E-state index contributed by atoms with van der Waals surface area (Å²) in [5, 5.41) is 1.42. The number of imide groups is 1. The third-order valence-electron chi connectivity index (χ3n) is 6.44. The Kier molecular flexibility index (Phi) is 4.45. The van der Waals surface area contributed by atoms with Crippen LogP contribution >= 0.6 is 11.6 Å².